The highest BCUT2D eigenvalue weighted by molar-refractivity contribution is 6.30. The first-order valence-electron chi connectivity index (χ1n) is 10.5. The molecule has 0 saturated carbocycles. The van der Waals surface area contributed by atoms with Gasteiger partial charge in [-0.15, -0.1) is 0 Å². The first-order valence-corrected chi connectivity index (χ1v) is 10.9. The van der Waals surface area contributed by atoms with Gasteiger partial charge >= 0.3 is 0 Å². The monoisotopic (exact) mass is 411 g/mol. The van der Waals surface area contributed by atoms with Gasteiger partial charge in [0.2, 0.25) is 0 Å². The number of phenols is 1. The SMILES string of the molecule is Cc1ccc(C2=NC3(CCN(C(C)C)CC3)N[C@H](c3cc(Cl)ccc3O)C2)cc1. The number of piperidine rings is 1. The Bertz CT molecular complexity index is 899. The normalized spacial score (nSPS) is 22.1. The Kier molecular flexibility index (Phi) is 5.69. The van der Waals surface area contributed by atoms with E-state index in [9.17, 15) is 5.11 Å². The van der Waals surface area contributed by atoms with Crippen LogP contribution in [0.5, 0.6) is 5.75 Å². The zero-order valence-corrected chi connectivity index (χ0v) is 18.2. The van der Waals surface area contributed by atoms with Crippen LogP contribution in [0, 0.1) is 6.92 Å². The van der Waals surface area contributed by atoms with Crippen LogP contribution in [0.4, 0.5) is 0 Å². The second-order valence-corrected chi connectivity index (χ2v) is 9.13. The summed E-state index contributed by atoms with van der Waals surface area (Å²) >= 11 is 6.26. The van der Waals surface area contributed by atoms with Crippen LogP contribution >= 0.6 is 11.6 Å². The minimum absolute atomic E-state index is 0.0203. The maximum absolute atomic E-state index is 10.5. The summed E-state index contributed by atoms with van der Waals surface area (Å²) in [5.41, 5.74) is 4.05. The molecule has 5 heteroatoms. The summed E-state index contributed by atoms with van der Waals surface area (Å²) in [5.74, 6) is 0.284. The lowest BCUT2D eigenvalue weighted by molar-refractivity contribution is 0.103. The Morgan fingerprint density at radius 1 is 1.14 bits per heavy atom. The van der Waals surface area contributed by atoms with Crippen LogP contribution in [0.25, 0.3) is 0 Å². The van der Waals surface area contributed by atoms with Crippen LogP contribution in [0.2, 0.25) is 5.02 Å². The van der Waals surface area contributed by atoms with Crippen molar-refractivity contribution in [2.24, 2.45) is 4.99 Å². The van der Waals surface area contributed by atoms with Gasteiger partial charge in [0.1, 0.15) is 11.4 Å². The predicted octanol–water partition coefficient (Wildman–Crippen LogP) is 5.08. The molecule has 154 valence electrons. The first-order chi connectivity index (χ1) is 13.8. The molecule has 2 aliphatic heterocycles. The molecule has 2 heterocycles. The third kappa shape index (κ3) is 4.35. The van der Waals surface area contributed by atoms with Gasteiger partial charge in [-0.25, -0.2) is 0 Å². The molecule has 0 aliphatic carbocycles. The molecule has 0 radical (unpaired) electrons. The summed E-state index contributed by atoms with van der Waals surface area (Å²) in [5, 5.41) is 15.0. The lowest BCUT2D eigenvalue weighted by Gasteiger charge is -2.46. The third-order valence-corrected chi connectivity index (χ3v) is 6.53. The number of phenolic OH excluding ortho intramolecular Hbond substituents is 1. The van der Waals surface area contributed by atoms with Crippen LogP contribution < -0.4 is 5.32 Å². The number of benzene rings is 2. The van der Waals surface area contributed by atoms with E-state index in [1.807, 2.05) is 6.07 Å². The van der Waals surface area contributed by atoms with Gasteiger partial charge in [-0.05, 0) is 57.4 Å². The Morgan fingerprint density at radius 2 is 1.83 bits per heavy atom. The Labute approximate surface area is 178 Å². The smallest absolute Gasteiger partial charge is 0.120 e. The average Bonchev–Trinajstić information content (AvgIpc) is 2.70. The number of nitrogens with one attached hydrogen (secondary N) is 1. The highest BCUT2D eigenvalue weighted by Crippen LogP contribution is 2.38. The van der Waals surface area contributed by atoms with Gasteiger partial charge in [0.05, 0.1) is 0 Å². The molecule has 1 spiro atoms. The number of aromatic hydroxyl groups is 1. The maximum Gasteiger partial charge on any atom is 0.120 e. The van der Waals surface area contributed by atoms with Gasteiger partial charge in [-0.2, -0.15) is 0 Å². The molecular formula is C24H30ClN3O. The fourth-order valence-corrected chi connectivity index (χ4v) is 4.67. The minimum Gasteiger partial charge on any atom is -0.508 e. The van der Waals surface area contributed by atoms with Crippen molar-refractivity contribution in [2.45, 2.75) is 57.8 Å². The van der Waals surface area contributed by atoms with E-state index in [1.54, 1.807) is 12.1 Å². The summed E-state index contributed by atoms with van der Waals surface area (Å²) in [6, 6.07) is 14.4. The summed E-state index contributed by atoms with van der Waals surface area (Å²) in [6.07, 6.45) is 2.64. The van der Waals surface area contributed by atoms with Crippen molar-refractivity contribution in [3.63, 3.8) is 0 Å². The summed E-state index contributed by atoms with van der Waals surface area (Å²) in [7, 11) is 0. The number of aryl methyl sites for hydroxylation is 1. The van der Waals surface area contributed by atoms with E-state index in [0.29, 0.717) is 11.1 Å². The van der Waals surface area contributed by atoms with Crippen molar-refractivity contribution < 1.29 is 5.11 Å². The molecule has 1 saturated heterocycles. The Morgan fingerprint density at radius 3 is 2.48 bits per heavy atom. The van der Waals surface area contributed by atoms with Crippen molar-refractivity contribution in [1.82, 2.24) is 10.2 Å². The van der Waals surface area contributed by atoms with Crippen molar-refractivity contribution in [1.29, 1.82) is 0 Å². The van der Waals surface area contributed by atoms with Crippen molar-refractivity contribution in [2.75, 3.05) is 13.1 Å². The van der Waals surface area contributed by atoms with E-state index >= 15 is 0 Å². The number of halogens is 1. The number of hydrogen-bond acceptors (Lipinski definition) is 4. The molecule has 1 atom stereocenters. The highest BCUT2D eigenvalue weighted by Gasteiger charge is 2.40. The van der Waals surface area contributed by atoms with Gasteiger partial charge in [0, 0.05) is 47.9 Å². The fourth-order valence-electron chi connectivity index (χ4n) is 4.49. The van der Waals surface area contributed by atoms with E-state index in [4.69, 9.17) is 16.6 Å². The molecule has 29 heavy (non-hydrogen) atoms. The molecule has 0 unspecified atom stereocenters. The molecule has 0 amide bonds. The quantitative estimate of drug-likeness (QED) is 0.740. The molecular weight excluding hydrogens is 382 g/mol. The maximum atomic E-state index is 10.5. The van der Waals surface area contributed by atoms with Gasteiger partial charge in [0.25, 0.3) is 0 Å². The van der Waals surface area contributed by atoms with Gasteiger partial charge < -0.3 is 10.0 Å². The zero-order valence-electron chi connectivity index (χ0n) is 17.5. The Balaban J connectivity index is 1.71. The second kappa shape index (κ2) is 8.10. The number of aliphatic imine (C=N–C) groups is 1. The predicted molar refractivity (Wildman–Crippen MR) is 120 cm³/mol. The van der Waals surface area contributed by atoms with E-state index in [-0.39, 0.29) is 17.5 Å². The number of likely N-dealkylation sites (tertiary alicyclic amines) is 1. The van der Waals surface area contributed by atoms with Gasteiger partial charge in [-0.1, -0.05) is 41.4 Å². The van der Waals surface area contributed by atoms with E-state index in [0.717, 1.165) is 49.2 Å². The minimum atomic E-state index is -0.302. The average molecular weight is 412 g/mol. The molecule has 4 nitrogen and oxygen atoms in total. The van der Waals surface area contributed by atoms with E-state index in [2.05, 4.69) is 55.3 Å². The van der Waals surface area contributed by atoms with Crippen LogP contribution in [-0.4, -0.2) is 40.5 Å². The summed E-state index contributed by atoms with van der Waals surface area (Å²) in [4.78, 5) is 7.77. The molecule has 0 bridgehead atoms. The molecule has 4 rings (SSSR count). The molecule has 0 aromatic heterocycles. The molecule has 1 fully saturated rings. The molecule has 2 N–H and O–H groups in total. The number of hydrogen-bond donors (Lipinski definition) is 2. The van der Waals surface area contributed by atoms with Crippen molar-refractivity contribution >= 4 is 17.3 Å². The van der Waals surface area contributed by atoms with Gasteiger partial charge in [0.15, 0.2) is 0 Å². The first kappa shape index (κ1) is 20.4. The second-order valence-electron chi connectivity index (χ2n) is 8.69. The van der Waals surface area contributed by atoms with E-state index in [1.165, 1.54) is 5.56 Å². The van der Waals surface area contributed by atoms with E-state index < -0.39 is 0 Å². The fraction of sp³-hybridized carbons (Fsp3) is 0.458. The van der Waals surface area contributed by atoms with Gasteiger partial charge in [-0.3, -0.25) is 10.3 Å². The zero-order chi connectivity index (χ0) is 20.6. The van der Waals surface area contributed by atoms with Crippen molar-refractivity contribution in [3.05, 3.63) is 64.2 Å². The lowest BCUT2D eigenvalue weighted by Crippen LogP contribution is -2.56. The van der Waals surface area contributed by atoms with Crippen LogP contribution in [0.1, 0.15) is 55.8 Å². The Hall–Kier alpha value is -1.88. The number of nitrogens with zero attached hydrogens (tertiary/aromatic N) is 2. The molecule has 2 aromatic carbocycles. The summed E-state index contributed by atoms with van der Waals surface area (Å²) in [6.45, 7) is 8.64. The largest absolute Gasteiger partial charge is 0.508 e. The highest BCUT2D eigenvalue weighted by atomic mass is 35.5. The number of rotatable bonds is 3. The molecule has 2 aromatic rings. The van der Waals surface area contributed by atoms with Crippen molar-refractivity contribution in [3.8, 4) is 5.75 Å². The molecule has 2 aliphatic rings. The topological polar surface area (TPSA) is 47.9 Å². The van der Waals surface area contributed by atoms with Crippen LogP contribution in [-0.2, 0) is 0 Å². The van der Waals surface area contributed by atoms with Crippen LogP contribution in [0.15, 0.2) is 47.5 Å². The third-order valence-electron chi connectivity index (χ3n) is 6.29. The summed E-state index contributed by atoms with van der Waals surface area (Å²) < 4.78 is 0. The standard InChI is InChI=1S/C24H30ClN3O/c1-16(2)28-12-10-24(11-13-28)26-21(18-6-4-17(3)5-7-18)15-22(27-24)20-14-19(25)8-9-23(20)29/h4-9,14,16,22,27,29H,10-13,15H2,1-3H3/t22-/m0/s1. The lowest BCUT2D eigenvalue weighted by atomic mass is 9.87. The van der Waals surface area contributed by atoms with Crippen LogP contribution in [0.3, 0.4) is 0 Å².